The van der Waals surface area contributed by atoms with E-state index in [1.165, 1.54) is 16.7 Å². The minimum absolute atomic E-state index is 0.256. The first-order valence-corrected chi connectivity index (χ1v) is 8.24. The van der Waals surface area contributed by atoms with Gasteiger partial charge in [-0.3, -0.25) is 4.90 Å². The van der Waals surface area contributed by atoms with E-state index in [1.807, 2.05) is 0 Å². The molecule has 0 amide bonds. The van der Waals surface area contributed by atoms with E-state index < -0.39 is 0 Å². The van der Waals surface area contributed by atoms with Gasteiger partial charge in [-0.15, -0.1) is 0 Å². The van der Waals surface area contributed by atoms with E-state index in [2.05, 4.69) is 80.3 Å². The van der Waals surface area contributed by atoms with Gasteiger partial charge in [0.05, 0.1) is 0 Å². The van der Waals surface area contributed by atoms with Crippen LogP contribution < -0.4 is 5.73 Å². The molecular weight excluding hydrogens is 268 g/mol. The molecule has 0 saturated carbocycles. The Kier molecular flexibility index (Phi) is 6.17. The fourth-order valence-corrected chi connectivity index (χ4v) is 2.89. The van der Waals surface area contributed by atoms with Crippen LogP contribution >= 0.6 is 0 Å². The predicted octanol–water partition coefficient (Wildman–Crippen LogP) is 4.16. The lowest BCUT2D eigenvalue weighted by Crippen LogP contribution is -2.38. The first-order valence-electron chi connectivity index (χ1n) is 8.24. The van der Waals surface area contributed by atoms with Crippen molar-refractivity contribution in [2.45, 2.75) is 45.8 Å². The summed E-state index contributed by atoms with van der Waals surface area (Å²) in [5.41, 5.74) is 10.1. The molecule has 2 N–H and O–H groups in total. The number of nitrogens with two attached hydrogens (primary N) is 1. The standard InChI is InChI=1S/C20H28N2/c1-4-17-10-12-19(13-11-17)20(14-21)22(16(2)3)15-18-8-6-5-7-9-18/h5-13,16,20H,4,14-15,21H2,1-3H3. The molecule has 0 fully saturated rings. The average Bonchev–Trinajstić information content (AvgIpc) is 2.56. The molecule has 2 aromatic rings. The minimum Gasteiger partial charge on any atom is -0.329 e. The van der Waals surface area contributed by atoms with Gasteiger partial charge < -0.3 is 5.73 Å². The topological polar surface area (TPSA) is 29.3 Å². The van der Waals surface area contributed by atoms with Crippen LogP contribution in [0, 0.1) is 0 Å². The van der Waals surface area contributed by atoms with Crippen LogP contribution in [-0.4, -0.2) is 17.5 Å². The second-order valence-electron chi connectivity index (χ2n) is 6.10. The number of hydrogen-bond acceptors (Lipinski definition) is 2. The van der Waals surface area contributed by atoms with Gasteiger partial charge in [0.2, 0.25) is 0 Å². The van der Waals surface area contributed by atoms with Crippen molar-refractivity contribution in [2.24, 2.45) is 5.73 Å². The number of hydrogen-bond donors (Lipinski definition) is 1. The predicted molar refractivity (Wildman–Crippen MR) is 94.7 cm³/mol. The second-order valence-corrected chi connectivity index (χ2v) is 6.10. The van der Waals surface area contributed by atoms with E-state index >= 15 is 0 Å². The quantitative estimate of drug-likeness (QED) is 0.831. The molecule has 0 aliphatic rings. The molecule has 1 unspecified atom stereocenters. The Balaban J connectivity index is 2.23. The van der Waals surface area contributed by atoms with Gasteiger partial charge in [0, 0.05) is 25.2 Å². The van der Waals surface area contributed by atoms with Crippen LogP contribution in [-0.2, 0) is 13.0 Å². The van der Waals surface area contributed by atoms with E-state index in [9.17, 15) is 0 Å². The third-order valence-corrected chi connectivity index (χ3v) is 4.27. The molecule has 0 aliphatic heterocycles. The van der Waals surface area contributed by atoms with Crippen LogP contribution in [0.2, 0.25) is 0 Å². The summed E-state index contributed by atoms with van der Waals surface area (Å²) in [6.07, 6.45) is 1.07. The summed E-state index contributed by atoms with van der Waals surface area (Å²) < 4.78 is 0. The molecule has 0 radical (unpaired) electrons. The third kappa shape index (κ3) is 4.19. The minimum atomic E-state index is 0.256. The highest BCUT2D eigenvalue weighted by Crippen LogP contribution is 2.25. The summed E-state index contributed by atoms with van der Waals surface area (Å²) in [7, 11) is 0. The lowest BCUT2D eigenvalue weighted by atomic mass is 10.0. The summed E-state index contributed by atoms with van der Waals surface area (Å²) in [6.45, 7) is 8.23. The Hall–Kier alpha value is -1.64. The van der Waals surface area contributed by atoms with Gasteiger partial charge in [-0.05, 0) is 37.0 Å². The van der Waals surface area contributed by atoms with Gasteiger partial charge in [-0.1, -0.05) is 61.5 Å². The number of nitrogens with zero attached hydrogens (tertiary/aromatic N) is 1. The Bertz CT molecular complexity index is 546. The smallest absolute Gasteiger partial charge is 0.0476 e. The largest absolute Gasteiger partial charge is 0.329 e. The van der Waals surface area contributed by atoms with Gasteiger partial charge in [-0.25, -0.2) is 0 Å². The van der Waals surface area contributed by atoms with E-state index in [-0.39, 0.29) is 6.04 Å². The number of rotatable bonds is 7. The summed E-state index contributed by atoms with van der Waals surface area (Å²) in [6, 6.07) is 20.2. The molecule has 2 rings (SSSR count). The maximum Gasteiger partial charge on any atom is 0.0476 e. The normalized spacial score (nSPS) is 12.8. The number of aryl methyl sites for hydroxylation is 1. The lowest BCUT2D eigenvalue weighted by Gasteiger charge is -2.35. The number of benzene rings is 2. The van der Waals surface area contributed by atoms with Crippen molar-refractivity contribution in [3.05, 3.63) is 71.3 Å². The zero-order valence-corrected chi connectivity index (χ0v) is 14.0. The van der Waals surface area contributed by atoms with Crippen molar-refractivity contribution >= 4 is 0 Å². The highest BCUT2D eigenvalue weighted by atomic mass is 15.2. The van der Waals surface area contributed by atoms with E-state index in [1.54, 1.807) is 0 Å². The fourth-order valence-electron chi connectivity index (χ4n) is 2.89. The lowest BCUT2D eigenvalue weighted by molar-refractivity contribution is 0.148. The van der Waals surface area contributed by atoms with Gasteiger partial charge in [0.1, 0.15) is 0 Å². The summed E-state index contributed by atoms with van der Waals surface area (Å²) in [5, 5.41) is 0. The van der Waals surface area contributed by atoms with Crippen LogP contribution in [0.15, 0.2) is 54.6 Å². The molecule has 0 aromatic heterocycles. The first-order chi connectivity index (χ1) is 10.7. The van der Waals surface area contributed by atoms with Crippen LogP contribution in [0.5, 0.6) is 0 Å². The molecule has 1 atom stereocenters. The molecule has 0 bridgehead atoms. The Morgan fingerprint density at radius 2 is 1.55 bits per heavy atom. The van der Waals surface area contributed by atoms with Crippen LogP contribution in [0.4, 0.5) is 0 Å². The summed E-state index contributed by atoms with van der Waals surface area (Å²) >= 11 is 0. The molecule has 0 aliphatic carbocycles. The molecule has 2 aromatic carbocycles. The van der Waals surface area contributed by atoms with E-state index in [0.29, 0.717) is 12.6 Å². The van der Waals surface area contributed by atoms with Gasteiger partial charge in [0.25, 0.3) is 0 Å². The fraction of sp³-hybridized carbons (Fsp3) is 0.400. The maximum absolute atomic E-state index is 6.13. The van der Waals surface area contributed by atoms with Crippen molar-refractivity contribution in [3.8, 4) is 0 Å². The van der Waals surface area contributed by atoms with E-state index in [4.69, 9.17) is 5.73 Å². The van der Waals surface area contributed by atoms with Gasteiger partial charge in [-0.2, -0.15) is 0 Å². The van der Waals surface area contributed by atoms with Crippen molar-refractivity contribution in [2.75, 3.05) is 6.54 Å². The van der Waals surface area contributed by atoms with Gasteiger partial charge >= 0.3 is 0 Å². The molecule has 0 saturated heterocycles. The Morgan fingerprint density at radius 3 is 2.05 bits per heavy atom. The van der Waals surface area contributed by atoms with Gasteiger partial charge in [0.15, 0.2) is 0 Å². The summed E-state index contributed by atoms with van der Waals surface area (Å²) in [5.74, 6) is 0. The monoisotopic (exact) mass is 296 g/mol. The molecule has 2 nitrogen and oxygen atoms in total. The second kappa shape index (κ2) is 8.11. The SMILES string of the molecule is CCc1ccc(C(CN)N(Cc2ccccc2)C(C)C)cc1. The molecule has 118 valence electrons. The molecular formula is C20H28N2. The zero-order valence-electron chi connectivity index (χ0n) is 14.0. The van der Waals surface area contributed by atoms with Crippen molar-refractivity contribution in [1.29, 1.82) is 0 Å². The summed E-state index contributed by atoms with van der Waals surface area (Å²) in [4.78, 5) is 2.48. The zero-order chi connectivity index (χ0) is 15.9. The highest BCUT2D eigenvalue weighted by Gasteiger charge is 2.21. The van der Waals surface area contributed by atoms with Crippen LogP contribution in [0.3, 0.4) is 0 Å². The highest BCUT2D eigenvalue weighted by molar-refractivity contribution is 5.26. The van der Waals surface area contributed by atoms with E-state index in [0.717, 1.165) is 13.0 Å². The maximum atomic E-state index is 6.13. The molecule has 2 heteroatoms. The molecule has 22 heavy (non-hydrogen) atoms. The third-order valence-electron chi connectivity index (χ3n) is 4.27. The Labute approximate surface area is 135 Å². The van der Waals surface area contributed by atoms with Crippen LogP contribution in [0.1, 0.15) is 43.5 Å². The van der Waals surface area contributed by atoms with Crippen molar-refractivity contribution in [3.63, 3.8) is 0 Å². The first kappa shape index (κ1) is 16.7. The van der Waals surface area contributed by atoms with Crippen molar-refractivity contribution in [1.82, 2.24) is 4.90 Å². The molecule has 0 heterocycles. The van der Waals surface area contributed by atoms with Crippen LogP contribution in [0.25, 0.3) is 0 Å². The average molecular weight is 296 g/mol. The Morgan fingerprint density at radius 1 is 0.909 bits per heavy atom. The molecule has 0 spiro atoms. The van der Waals surface area contributed by atoms with Crippen molar-refractivity contribution < 1.29 is 0 Å².